The maximum atomic E-state index is 12.8. The first-order valence-electron chi connectivity index (χ1n) is 10.9. The molecule has 3 aromatic rings. The Morgan fingerprint density at radius 2 is 2.09 bits per heavy atom. The van der Waals surface area contributed by atoms with Crippen molar-refractivity contribution in [2.24, 2.45) is 13.0 Å². The molecule has 1 saturated heterocycles. The Morgan fingerprint density at radius 3 is 2.71 bits per heavy atom. The van der Waals surface area contributed by atoms with Crippen molar-refractivity contribution in [2.45, 2.75) is 32.7 Å². The number of halogens is 3. The molecule has 0 aliphatic carbocycles. The van der Waals surface area contributed by atoms with Crippen molar-refractivity contribution in [3.8, 4) is 17.6 Å². The van der Waals surface area contributed by atoms with Gasteiger partial charge in [0.15, 0.2) is 0 Å². The molecule has 186 valence electrons. The van der Waals surface area contributed by atoms with Crippen LogP contribution in [0.25, 0.3) is 10.3 Å². The number of nitrogens with one attached hydrogen (secondary N) is 1. The fraction of sp³-hybridized carbons (Fsp3) is 0.435. The molecule has 0 spiro atoms. The number of aromatic nitrogens is 2. The number of nitriles is 1. The molecular weight excluding hydrogens is 483 g/mol. The lowest BCUT2D eigenvalue weighted by Crippen LogP contribution is -2.46. The van der Waals surface area contributed by atoms with E-state index in [2.05, 4.69) is 21.1 Å². The van der Waals surface area contributed by atoms with Crippen LogP contribution in [0, 0.1) is 24.2 Å². The van der Waals surface area contributed by atoms with Gasteiger partial charge in [-0.1, -0.05) is 6.92 Å². The number of alkyl halides is 3. The van der Waals surface area contributed by atoms with Gasteiger partial charge < -0.3 is 24.3 Å². The Labute approximate surface area is 203 Å². The van der Waals surface area contributed by atoms with E-state index in [4.69, 9.17) is 4.74 Å². The molecule has 0 radical (unpaired) electrons. The van der Waals surface area contributed by atoms with Crippen molar-refractivity contribution in [1.29, 1.82) is 5.26 Å². The predicted octanol–water partition coefficient (Wildman–Crippen LogP) is 4.41. The molecule has 35 heavy (non-hydrogen) atoms. The van der Waals surface area contributed by atoms with Crippen LogP contribution in [0.15, 0.2) is 23.0 Å². The second-order valence-electron chi connectivity index (χ2n) is 8.46. The summed E-state index contributed by atoms with van der Waals surface area (Å²) in [6.07, 6.45) is -4.13. The molecule has 2 aromatic heterocycles. The van der Waals surface area contributed by atoms with Crippen LogP contribution < -0.4 is 25.2 Å². The summed E-state index contributed by atoms with van der Waals surface area (Å²) in [7, 11) is 3.02. The molecule has 0 saturated carbocycles. The van der Waals surface area contributed by atoms with Crippen LogP contribution in [0.4, 0.5) is 24.5 Å². The van der Waals surface area contributed by atoms with Crippen LogP contribution in [0.5, 0.6) is 11.5 Å². The number of benzene rings is 1. The molecule has 4 rings (SSSR count). The van der Waals surface area contributed by atoms with Crippen LogP contribution in [-0.4, -0.2) is 42.2 Å². The topological polar surface area (TPSA) is 92.4 Å². The van der Waals surface area contributed by atoms with Gasteiger partial charge >= 0.3 is 6.36 Å². The van der Waals surface area contributed by atoms with E-state index < -0.39 is 6.36 Å². The smallest absolute Gasteiger partial charge is 0.494 e. The monoisotopic (exact) mass is 507 g/mol. The lowest BCUT2D eigenvalue weighted by Gasteiger charge is -2.39. The summed E-state index contributed by atoms with van der Waals surface area (Å²) in [5, 5.41) is 13.9. The number of fused-ring (bicyclic) bond motifs is 1. The summed E-state index contributed by atoms with van der Waals surface area (Å²) in [5.74, 6) is -0.0515. The number of anilines is 2. The number of piperidine rings is 1. The molecular formula is C23H24F3N5O3S. The SMILES string of the molecule is COc1cc(OC(F)(F)F)ccc1NC1CCN(c2c(C#N)c(=O)n(C)c3sc(C)nc23)CC1C. The fourth-order valence-corrected chi connectivity index (χ4v) is 5.31. The molecule has 0 bridgehead atoms. The number of hydrogen-bond donors (Lipinski definition) is 1. The van der Waals surface area contributed by atoms with Crippen LogP contribution in [0.3, 0.4) is 0 Å². The first kappa shape index (κ1) is 24.7. The normalized spacial score (nSPS) is 18.4. The highest BCUT2D eigenvalue weighted by Gasteiger charge is 2.33. The zero-order chi connectivity index (χ0) is 25.5. The van der Waals surface area contributed by atoms with E-state index >= 15 is 0 Å². The third-order valence-corrected chi connectivity index (χ3v) is 7.13. The number of thiazole rings is 1. The maximum absolute atomic E-state index is 12.8. The summed E-state index contributed by atoms with van der Waals surface area (Å²) >= 11 is 1.41. The molecule has 12 heteroatoms. The first-order chi connectivity index (χ1) is 16.5. The van der Waals surface area contributed by atoms with Crippen LogP contribution in [0.1, 0.15) is 23.9 Å². The Hall–Kier alpha value is -3.46. The lowest BCUT2D eigenvalue weighted by atomic mass is 9.92. The molecule has 2 unspecified atom stereocenters. The molecule has 1 N–H and O–H groups in total. The van der Waals surface area contributed by atoms with Gasteiger partial charge in [-0.05, 0) is 31.4 Å². The van der Waals surface area contributed by atoms with Crippen molar-refractivity contribution in [3.63, 3.8) is 0 Å². The van der Waals surface area contributed by atoms with Gasteiger partial charge in [-0.2, -0.15) is 5.26 Å². The van der Waals surface area contributed by atoms with Crippen molar-refractivity contribution in [3.05, 3.63) is 39.1 Å². The minimum absolute atomic E-state index is 0.0146. The molecule has 1 aliphatic heterocycles. The molecule has 1 fully saturated rings. The number of hydrogen-bond acceptors (Lipinski definition) is 8. The summed E-state index contributed by atoms with van der Waals surface area (Å²) in [4.78, 5) is 20.2. The number of pyridine rings is 1. The van der Waals surface area contributed by atoms with E-state index in [-0.39, 0.29) is 34.6 Å². The summed E-state index contributed by atoms with van der Waals surface area (Å²) < 4.78 is 48.4. The van der Waals surface area contributed by atoms with Gasteiger partial charge in [-0.3, -0.25) is 4.79 Å². The van der Waals surface area contributed by atoms with Crippen molar-refractivity contribution in [1.82, 2.24) is 9.55 Å². The van der Waals surface area contributed by atoms with Gasteiger partial charge in [0.05, 0.1) is 23.5 Å². The standard InChI is InChI=1S/C23H24F3N5O3S/c1-12-11-31(20-15(10-27)21(32)30(3)22-19(20)28-13(2)35-22)8-7-16(12)29-17-6-5-14(9-18(17)33-4)34-23(24,25)26/h5-6,9,12,16,29H,7-8,11H2,1-4H3. The van der Waals surface area contributed by atoms with Gasteiger partial charge in [0.25, 0.3) is 5.56 Å². The summed E-state index contributed by atoms with van der Waals surface area (Å²) in [6.45, 7) is 5.02. The molecule has 8 nitrogen and oxygen atoms in total. The highest BCUT2D eigenvalue weighted by atomic mass is 32.1. The van der Waals surface area contributed by atoms with Gasteiger partial charge in [-0.25, -0.2) is 4.98 Å². The molecule has 2 atom stereocenters. The van der Waals surface area contributed by atoms with E-state index in [1.54, 1.807) is 7.05 Å². The van der Waals surface area contributed by atoms with Crippen LogP contribution in [-0.2, 0) is 7.05 Å². The van der Waals surface area contributed by atoms with Crippen LogP contribution >= 0.6 is 11.3 Å². The van der Waals surface area contributed by atoms with E-state index in [1.807, 2.05) is 18.7 Å². The second-order valence-corrected chi connectivity index (χ2v) is 9.64. The number of aryl methyl sites for hydroxylation is 2. The number of rotatable bonds is 5. The van der Waals surface area contributed by atoms with Crippen molar-refractivity contribution in [2.75, 3.05) is 30.4 Å². The van der Waals surface area contributed by atoms with Crippen LogP contribution in [0.2, 0.25) is 0 Å². The molecule has 0 amide bonds. The van der Waals surface area contributed by atoms with Gasteiger partial charge in [0.1, 0.15) is 33.5 Å². The molecule has 1 aromatic carbocycles. The third kappa shape index (κ3) is 4.86. The van der Waals surface area contributed by atoms with E-state index in [1.165, 1.54) is 41.2 Å². The summed E-state index contributed by atoms with van der Waals surface area (Å²) in [5.41, 5.74) is 1.48. The average molecular weight is 508 g/mol. The number of nitrogens with zero attached hydrogens (tertiary/aromatic N) is 4. The van der Waals surface area contributed by atoms with E-state index in [0.29, 0.717) is 36.4 Å². The third-order valence-electron chi connectivity index (χ3n) is 6.08. The average Bonchev–Trinajstić information content (AvgIpc) is 3.18. The van der Waals surface area contributed by atoms with E-state index in [9.17, 15) is 23.2 Å². The van der Waals surface area contributed by atoms with Crippen molar-refractivity contribution >= 4 is 33.1 Å². The van der Waals surface area contributed by atoms with Gasteiger partial charge in [-0.15, -0.1) is 24.5 Å². The Bertz CT molecular complexity index is 1360. The summed E-state index contributed by atoms with van der Waals surface area (Å²) in [6, 6.07) is 5.98. The first-order valence-corrected chi connectivity index (χ1v) is 11.7. The second kappa shape index (κ2) is 9.30. The fourth-order valence-electron chi connectivity index (χ4n) is 4.44. The van der Waals surface area contributed by atoms with Crippen molar-refractivity contribution < 1.29 is 22.6 Å². The highest BCUT2D eigenvalue weighted by molar-refractivity contribution is 7.18. The van der Waals surface area contributed by atoms with Gasteiger partial charge in [0.2, 0.25) is 0 Å². The molecule has 3 heterocycles. The molecule has 1 aliphatic rings. The Morgan fingerprint density at radius 1 is 1.34 bits per heavy atom. The highest BCUT2D eigenvalue weighted by Crippen LogP contribution is 2.36. The quantitative estimate of drug-likeness (QED) is 0.547. The Kier molecular flexibility index (Phi) is 6.55. The zero-order valence-corrected chi connectivity index (χ0v) is 20.4. The Balaban J connectivity index is 1.58. The van der Waals surface area contributed by atoms with Gasteiger partial charge in [0, 0.05) is 32.2 Å². The number of ether oxygens (including phenoxy) is 2. The lowest BCUT2D eigenvalue weighted by molar-refractivity contribution is -0.274. The van der Waals surface area contributed by atoms with E-state index in [0.717, 1.165) is 9.84 Å². The largest absolute Gasteiger partial charge is 0.573 e. The maximum Gasteiger partial charge on any atom is 0.573 e. The minimum atomic E-state index is -4.79. The number of methoxy groups -OCH3 is 1. The minimum Gasteiger partial charge on any atom is -0.494 e. The predicted molar refractivity (Wildman–Crippen MR) is 127 cm³/mol. The zero-order valence-electron chi connectivity index (χ0n) is 19.6.